The summed E-state index contributed by atoms with van der Waals surface area (Å²) < 4.78 is 12.4. The van der Waals surface area contributed by atoms with Crippen molar-refractivity contribution < 1.29 is 9.47 Å². The van der Waals surface area contributed by atoms with Crippen molar-refractivity contribution in [1.29, 1.82) is 0 Å². The monoisotopic (exact) mass is 356 g/mol. The predicted molar refractivity (Wildman–Crippen MR) is 109 cm³/mol. The van der Waals surface area contributed by atoms with Crippen LogP contribution in [-0.4, -0.2) is 25.7 Å². The van der Waals surface area contributed by atoms with Crippen LogP contribution in [-0.2, 0) is 0 Å². The van der Waals surface area contributed by atoms with Gasteiger partial charge in [-0.1, -0.05) is 37.5 Å². The van der Waals surface area contributed by atoms with E-state index in [4.69, 9.17) is 9.47 Å². The summed E-state index contributed by atoms with van der Waals surface area (Å²) in [4.78, 5) is 6.67. The van der Waals surface area contributed by atoms with Crippen molar-refractivity contribution in [2.24, 2.45) is 0 Å². The molecule has 2 rings (SSSR count). The molecule has 0 fully saturated rings. The molecule has 0 saturated carbocycles. The van der Waals surface area contributed by atoms with E-state index in [1.807, 2.05) is 32.0 Å². The molecule has 0 saturated heterocycles. The van der Waals surface area contributed by atoms with Gasteiger partial charge in [-0.25, -0.2) is 4.98 Å². The molecule has 0 N–H and O–H groups in total. The maximum Gasteiger partial charge on any atom is 0.247 e. The molecule has 2 aromatic rings. The summed E-state index contributed by atoms with van der Waals surface area (Å²) in [7, 11) is 3.99. The second-order valence-corrected chi connectivity index (χ2v) is 7.20. The van der Waals surface area contributed by atoms with Gasteiger partial charge in [0.05, 0.1) is 6.61 Å². The zero-order chi connectivity index (χ0) is 19.3. The molecule has 0 aliphatic carbocycles. The van der Waals surface area contributed by atoms with Crippen LogP contribution in [0.3, 0.4) is 0 Å². The third kappa shape index (κ3) is 4.90. The average molecular weight is 357 g/mol. The van der Waals surface area contributed by atoms with Gasteiger partial charge in [0.25, 0.3) is 0 Å². The minimum atomic E-state index is 0.593. The first-order chi connectivity index (χ1) is 12.3. The average Bonchev–Trinajstić information content (AvgIpc) is 2.54. The highest BCUT2D eigenvalue weighted by Crippen LogP contribution is 2.40. The highest BCUT2D eigenvalue weighted by molar-refractivity contribution is 5.66. The number of ether oxygens (including phenoxy) is 2. The fourth-order valence-electron chi connectivity index (χ4n) is 3.16. The van der Waals surface area contributed by atoms with Crippen LogP contribution in [0.4, 0.5) is 5.69 Å². The first-order valence-corrected chi connectivity index (χ1v) is 9.41. The smallest absolute Gasteiger partial charge is 0.247 e. The van der Waals surface area contributed by atoms with Crippen molar-refractivity contribution in [1.82, 2.24) is 4.98 Å². The van der Waals surface area contributed by atoms with Crippen LogP contribution in [0, 0.1) is 27.7 Å². The number of hydrogen-bond donors (Lipinski definition) is 0. The van der Waals surface area contributed by atoms with Crippen molar-refractivity contribution in [3.05, 3.63) is 40.6 Å². The molecule has 0 amide bonds. The van der Waals surface area contributed by atoms with Gasteiger partial charge in [0.1, 0.15) is 17.2 Å². The van der Waals surface area contributed by atoms with Gasteiger partial charge in [-0.05, 0) is 45.2 Å². The van der Waals surface area contributed by atoms with E-state index in [0.29, 0.717) is 12.5 Å². The van der Waals surface area contributed by atoms with Gasteiger partial charge >= 0.3 is 0 Å². The summed E-state index contributed by atoms with van der Waals surface area (Å²) >= 11 is 0. The largest absolute Gasteiger partial charge is 0.491 e. The van der Waals surface area contributed by atoms with Gasteiger partial charge in [0.2, 0.25) is 5.88 Å². The van der Waals surface area contributed by atoms with E-state index in [9.17, 15) is 0 Å². The Morgan fingerprint density at radius 1 is 0.962 bits per heavy atom. The standard InChI is InChI=1S/C22H32N2O2/c1-8-9-10-11-25-19-14-18(5)23-22(20(19)24(6)7)26-21-16(3)12-15(2)13-17(21)4/h12-14H,8-11H2,1-7H3. The Morgan fingerprint density at radius 2 is 1.62 bits per heavy atom. The first-order valence-electron chi connectivity index (χ1n) is 9.41. The lowest BCUT2D eigenvalue weighted by Gasteiger charge is -2.22. The normalized spacial score (nSPS) is 10.7. The van der Waals surface area contributed by atoms with Crippen LogP contribution >= 0.6 is 0 Å². The number of pyridine rings is 1. The summed E-state index contributed by atoms with van der Waals surface area (Å²) in [6.07, 6.45) is 3.41. The van der Waals surface area contributed by atoms with Gasteiger partial charge in [0, 0.05) is 25.9 Å². The highest BCUT2D eigenvalue weighted by Gasteiger charge is 2.19. The van der Waals surface area contributed by atoms with Crippen LogP contribution in [0.15, 0.2) is 18.2 Å². The summed E-state index contributed by atoms with van der Waals surface area (Å²) in [6, 6.07) is 6.26. The van der Waals surface area contributed by atoms with Gasteiger partial charge in [-0.15, -0.1) is 0 Å². The molecule has 4 nitrogen and oxygen atoms in total. The molecule has 0 unspecified atom stereocenters. The molecule has 0 bridgehead atoms. The number of aromatic nitrogens is 1. The lowest BCUT2D eigenvalue weighted by atomic mass is 10.1. The molecule has 4 heteroatoms. The van der Waals surface area contributed by atoms with Gasteiger partial charge in [-0.2, -0.15) is 0 Å². The molecule has 0 aliphatic rings. The van der Waals surface area contributed by atoms with Crippen molar-refractivity contribution >= 4 is 5.69 Å². The van der Waals surface area contributed by atoms with Gasteiger partial charge in [0.15, 0.2) is 0 Å². The molecule has 0 radical (unpaired) electrons. The maximum atomic E-state index is 6.30. The van der Waals surface area contributed by atoms with Gasteiger partial charge in [-0.3, -0.25) is 0 Å². The van der Waals surface area contributed by atoms with E-state index in [1.165, 1.54) is 18.4 Å². The summed E-state index contributed by atoms with van der Waals surface area (Å²) in [6.45, 7) is 11.1. The van der Waals surface area contributed by atoms with E-state index in [2.05, 4.69) is 44.8 Å². The fourth-order valence-corrected chi connectivity index (χ4v) is 3.16. The Hall–Kier alpha value is -2.23. The molecule has 0 spiro atoms. The number of benzene rings is 1. The third-order valence-electron chi connectivity index (χ3n) is 4.31. The zero-order valence-corrected chi connectivity index (χ0v) is 17.3. The van der Waals surface area contributed by atoms with E-state index < -0.39 is 0 Å². The summed E-state index contributed by atoms with van der Waals surface area (Å²) in [5, 5.41) is 0. The number of nitrogens with zero attached hydrogens (tertiary/aromatic N) is 2. The molecule has 0 aliphatic heterocycles. The summed E-state index contributed by atoms with van der Waals surface area (Å²) in [5.41, 5.74) is 5.23. The van der Waals surface area contributed by atoms with Crippen LogP contribution in [0.2, 0.25) is 0 Å². The Kier molecular flexibility index (Phi) is 6.90. The zero-order valence-electron chi connectivity index (χ0n) is 17.3. The van der Waals surface area contributed by atoms with Crippen LogP contribution in [0.5, 0.6) is 17.4 Å². The quantitative estimate of drug-likeness (QED) is 0.565. The van der Waals surface area contributed by atoms with E-state index >= 15 is 0 Å². The Bertz CT molecular complexity index is 731. The second kappa shape index (κ2) is 8.93. The maximum absolute atomic E-state index is 6.30. The number of hydrogen-bond acceptors (Lipinski definition) is 4. The highest BCUT2D eigenvalue weighted by atomic mass is 16.5. The van der Waals surface area contributed by atoms with Gasteiger partial charge < -0.3 is 14.4 Å². The van der Waals surface area contributed by atoms with E-state index in [1.54, 1.807) is 0 Å². The minimum absolute atomic E-state index is 0.593. The lowest BCUT2D eigenvalue weighted by molar-refractivity contribution is 0.304. The fraction of sp³-hybridized carbons (Fsp3) is 0.500. The molecular weight excluding hydrogens is 324 g/mol. The third-order valence-corrected chi connectivity index (χ3v) is 4.31. The number of aryl methyl sites for hydroxylation is 4. The Morgan fingerprint density at radius 3 is 2.19 bits per heavy atom. The van der Waals surface area contributed by atoms with E-state index in [-0.39, 0.29) is 0 Å². The minimum Gasteiger partial charge on any atom is -0.491 e. The van der Waals surface area contributed by atoms with Crippen molar-refractivity contribution in [3.63, 3.8) is 0 Å². The van der Waals surface area contributed by atoms with Crippen molar-refractivity contribution in [3.8, 4) is 17.4 Å². The van der Waals surface area contributed by atoms with Crippen LogP contribution in [0.25, 0.3) is 0 Å². The molecular formula is C22H32N2O2. The summed E-state index contributed by atoms with van der Waals surface area (Å²) in [5.74, 6) is 2.29. The van der Waals surface area contributed by atoms with Crippen molar-refractivity contribution in [2.75, 3.05) is 25.6 Å². The number of rotatable bonds is 8. The second-order valence-electron chi connectivity index (χ2n) is 7.20. The number of unbranched alkanes of at least 4 members (excludes halogenated alkanes) is 2. The molecule has 1 aromatic carbocycles. The molecule has 142 valence electrons. The van der Waals surface area contributed by atoms with E-state index in [0.717, 1.165) is 40.4 Å². The predicted octanol–water partition coefficient (Wildman–Crippen LogP) is 5.74. The topological polar surface area (TPSA) is 34.6 Å². The molecule has 1 aromatic heterocycles. The molecule has 0 atom stereocenters. The Labute approximate surface area is 158 Å². The lowest BCUT2D eigenvalue weighted by Crippen LogP contribution is -2.14. The SMILES string of the molecule is CCCCCOc1cc(C)nc(Oc2c(C)cc(C)cc2C)c1N(C)C. The van der Waals surface area contributed by atoms with Crippen LogP contribution < -0.4 is 14.4 Å². The molecule has 26 heavy (non-hydrogen) atoms. The Balaban J connectivity index is 2.40. The van der Waals surface area contributed by atoms with Crippen molar-refractivity contribution in [2.45, 2.75) is 53.9 Å². The molecule has 1 heterocycles. The number of anilines is 1. The first kappa shape index (κ1) is 20.1. The van der Waals surface area contributed by atoms with Crippen LogP contribution in [0.1, 0.15) is 48.6 Å².